The number of nitrogens with zero attached hydrogens (tertiary/aromatic N) is 1. The Kier molecular flexibility index (Phi) is 5.09. The number of benzene rings is 1. The van der Waals surface area contributed by atoms with Crippen LogP contribution in [0.3, 0.4) is 0 Å². The van der Waals surface area contributed by atoms with Crippen LogP contribution in [-0.2, 0) is 0 Å². The van der Waals surface area contributed by atoms with Gasteiger partial charge in [0.15, 0.2) is 5.84 Å². The number of halogens is 1. The third-order valence-corrected chi connectivity index (χ3v) is 2.87. The van der Waals surface area contributed by atoms with Gasteiger partial charge in [0, 0.05) is 4.47 Å². The first kappa shape index (κ1) is 13.6. The molecule has 94 valence electrons. The van der Waals surface area contributed by atoms with E-state index >= 15 is 0 Å². The van der Waals surface area contributed by atoms with Crippen LogP contribution >= 0.6 is 15.9 Å². The second kappa shape index (κ2) is 6.34. The molecule has 0 radical (unpaired) electrons. The van der Waals surface area contributed by atoms with E-state index in [1.54, 1.807) is 7.11 Å². The summed E-state index contributed by atoms with van der Waals surface area (Å²) in [6.45, 7) is 1.94. The van der Waals surface area contributed by atoms with Gasteiger partial charge in [-0.25, -0.2) is 0 Å². The largest absolute Gasteiger partial charge is 0.495 e. The van der Waals surface area contributed by atoms with Gasteiger partial charge in [0.1, 0.15) is 5.75 Å². The highest BCUT2D eigenvalue weighted by Crippen LogP contribution is 2.28. The number of methoxy groups -OCH3 is 1. The van der Waals surface area contributed by atoms with Gasteiger partial charge in [-0.3, -0.25) is 0 Å². The van der Waals surface area contributed by atoms with Crippen LogP contribution in [0.5, 0.6) is 5.75 Å². The van der Waals surface area contributed by atoms with E-state index in [1.165, 1.54) is 0 Å². The number of hydrogen-bond acceptors (Lipinski definition) is 4. The van der Waals surface area contributed by atoms with Crippen LogP contribution in [0.2, 0.25) is 0 Å². The van der Waals surface area contributed by atoms with Crippen LogP contribution in [0, 0.1) is 0 Å². The molecule has 1 atom stereocenters. The molecule has 0 spiro atoms. The zero-order chi connectivity index (χ0) is 12.8. The first-order valence-electron chi connectivity index (χ1n) is 5.19. The van der Waals surface area contributed by atoms with Crippen molar-refractivity contribution in [1.82, 2.24) is 0 Å². The Morgan fingerprint density at radius 3 is 2.88 bits per heavy atom. The van der Waals surface area contributed by atoms with Crippen molar-refractivity contribution in [3.05, 3.63) is 22.7 Å². The van der Waals surface area contributed by atoms with Crippen LogP contribution in [0.25, 0.3) is 0 Å². The smallest absolute Gasteiger partial charge is 0.161 e. The van der Waals surface area contributed by atoms with E-state index < -0.39 is 0 Å². The van der Waals surface area contributed by atoms with E-state index in [-0.39, 0.29) is 11.9 Å². The lowest BCUT2D eigenvalue weighted by Gasteiger charge is -2.18. The van der Waals surface area contributed by atoms with Crippen LogP contribution < -0.4 is 15.8 Å². The van der Waals surface area contributed by atoms with Crippen molar-refractivity contribution in [2.24, 2.45) is 10.9 Å². The monoisotopic (exact) mass is 301 g/mol. The van der Waals surface area contributed by atoms with Gasteiger partial charge < -0.3 is 21.0 Å². The predicted molar refractivity (Wildman–Crippen MR) is 71.8 cm³/mol. The number of anilines is 1. The number of hydrogen-bond donors (Lipinski definition) is 3. The third-order valence-electron chi connectivity index (χ3n) is 2.37. The van der Waals surface area contributed by atoms with Crippen LogP contribution in [0.4, 0.5) is 5.69 Å². The Hall–Kier alpha value is -1.43. The van der Waals surface area contributed by atoms with Gasteiger partial charge in [0.05, 0.1) is 18.8 Å². The van der Waals surface area contributed by atoms with E-state index in [4.69, 9.17) is 15.7 Å². The lowest BCUT2D eigenvalue weighted by Crippen LogP contribution is -2.35. The quantitative estimate of drug-likeness (QED) is 0.338. The number of rotatable bonds is 5. The van der Waals surface area contributed by atoms with Gasteiger partial charge in [-0.1, -0.05) is 28.0 Å². The molecule has 0 aliphatic heterocycles. The van der Waals surface area contributed by atoms with Crippen LogP contribution in [-0.4, -0.2) is 24.2 Å². The van der Waals surface area contributed by atoms with Crippen molar-refractivity contribution in [3.8, 4) is 5.75 Å². The average molecular weight is 302 g/mol. The molecule has 0 saturated carbocycles. The van der Waals surface area contributed by atoms with Crippen molar-refractivity contribution in [1.29, 1.82) is 0 Å². The standard InChI is InChI=1S/C11H16BrN3O2/c1-3-8(11(13)15-16)14-9-6-7(12)4-5-10(9)17-2/h4-6,8,14,16H,3H2,1-2H3,(H2,13,15). The predicted octanol–water partition coefficient (Wildman–Crippen LogP) is 2.39. The second-order valence-corrected chi connectivity index (χ2v) is 4.39. The van der Waals surface area contributed by atoms with Gasteiger partial charge in [-0.2, -0.15) is 0 Å². The Bertz CT molecular complexity index is 410. The molecule has 17 heavy (non-hydrogen) atoms. The zero-order valence-corrected chi connectivity index (χ0v) is 11.4. The summed E-state index contributed by atoms with van der Waals surface area (Å²) >= 11 is 3.39. The summed E-state index contributed by atoms with van der Waals surface area (Å²) in [6.07, 6.45) is 0.700. The van der Waals surface area contributed by atoms with E-state index in [0.717, 1.165) is 10.2 Å². The summed E-state index contributed by atoms with van der Waals surface area (Å²) in [5.74, 6) is 0.854. The molecule has 0 aromatic heterocycles. The maximum atomic E-state index is 8.68. The fourth-order valence-corrected chi connectivity index (χ4v) is 1.80. The van der Waals surface area contributed by atoms with Gasteiger partial charge in [-0.15, -0.1) is 0 Å². The van der Waals surface area contributed by atoms with Crippen molar-refractivity contribution < 1.29 is 9.94 Å². The molecule has 4 N–H and O–H groups in total. The molecular formula is C11H16BrN3O2. The Morgan fingerprint density at radius 1 is 1.65 bits per heavy atom. The molecule has 1 rings (SSSR count). The summed E-state index contributed by atoms with van der Waals surface area (Å²) in [4.78, 5) is 0. The highest BCUT2D eigenvalue weighted by atomic mass is 79.9. The van der Waals surface area contributed by atoms with Crippen molar-refractivity contribution in [3.63, 3.8) is 0 Å². The lowest BCUT2D eigenvalue weighted by molar-refractivity contribution is 0.316. The molecule has 6 heteroatoms. The number of ether oxygens (including phenoxy) is 1. The fourth-order valence-electron chi connectivity index (χ4n) is 1.44. The van der Waals surface area contributed by atoms with Gasteiger partial charge in [0.2, 0.25) is 0 Å². The van der Waals surface area contributed by atoms with Crippen molar-refractivity contribution >= 4 is 27.5 Å². The normalized spacial score (nSPS) is 13.2. The minimum Gasteiger partial charge on any atom is -0.495 e. The first-order valence-corrected chi connectivity index (χ1v) is 5.99. The van der Waals surface area contributed by atoms with E-state index in [0.29, 0.717) is 12.2 Å². The van der Waals surface area contributed by atoms with Gasteiger partial charge in [0.25, 0.3) is 0 Å². The summed E-state index contributed by atoms with van der Waals surface area (Å²) in [7, 11) is 1.60. The average Bonchev–Trinajstić information content (AvgIpc) is 2.35. The first-order chi connectivity index (χ1) is 8.12. The lowest BCUT2D eigenvalue weighted by atomic mass is 10.2. The maximum Gasteiger partial charge on any atom is 0.161 e. The molecule has 0 aliphatic carbocycles. The van der Waals surface area contributed by atoms with Crippen LogP contribution in [0.15, 0.2) is 27.8 Å². The molecule has 0 saturated heterocycles. The molecule has 1 unspecified atom stereocenters. The van der Waals surface area contributed by atoms with Crippen LogP contribution in [0.1, 0.15) is 13.3 Å². The summed E-state index contributed by atoms with van der Waals surface area (Å²) < 4.78 is 6.16. The SMILES string of the molecule is CCC(Nc1cc(Br)ccc1OC)C(N)=NO. The fraction of sp³-hybridized carbons (Fsp3) is 0.364. The zero-order valence-electron chi connectivity index (χ0n) is 9.77. The van der Waals surface area contributed by atoms with E-state index in [2.05, 4.69) is 26.4 Å². The summed E-state index contributed by atoms with van der Waals surface area (Å²) in [5.41, 5.74) is 6.38. The topological polar surface area (TPSA) is 79.9 Å². The highest BCUT2D eigenvalue weighted by molar-refractivity contribution is 9.10. The second-order valence-electron chi connectivity index (χ2n) is 3.47. The van der Waals surface area contributed by atoms with Gasteiger partial charge >= 0.3 is 0 Å². The molecule has 0 amide bonds. The molecule has 0 bridgehead atoms. The van der Waals surface area contributed by atoms with Crippen molar-refractivity contribution in [2.45, 2.75) is 19.4 Å². The van der Waals surface area contributed by atoms with Gasteiger partial charge in [-0.05, 0) is 24.6 Å². The number of oxime groups is 1. The Labute approximate surface area is 109 Å². The minimum absolute atomic E-state index is 0.148. The Morgan fingerprint density at radius 2 is 2.35 bits per heavy atom. The molecular weight excluding hydrogens is 286 g/mol. The molecule has 0 fully saturated rings. The molecule has 0 heterocycles. The number of nitrogens with two attached hydrogens (primary N) is 1. The minimum atomic E-state index is -0.233. The molecule has 5 nitrogen and oxygen atoms in total. The molecule has 0 aliphatic rings. The summed E-state index contributed by atoms with van der Waals surface area (Å²) in [5, 5.41) is 14.9. The molecule has 1 aromatic rings. The Balaban J connectivity index is 2.96. The number of nitrogens with one attached hydrogen (secondary N) is 1. The third kappa shape index (κ3) is 3.52. The number of amidine groups is 1. The molecule has 1 aromatic carbocycles. The maximum absolute atomic E-state index is 8.68. The summed E-state index contributed by atoms with van der Waals surface area (Å²) in [6, 6.07) is 5.37. The van der Waals surface area contributed by atoms with E-state index in [1.807, 2.05) is 25.1 Å². The highest BCUT2D eigenvalue weighted by Gasteiger charge is 2.14. The van der Waals surface area contributed by atoms with E-state index in [9.17, 15) is 0 Å². The van der Waals surface area contributed by atoms with Crippen molar-refractivity contribution in [2.75, 3.05) is 12.4 Å².